The maximum absolute atomic E-state index is 6.76. The molecule has 0 spiro atoms. The molecule has 4 aromatic rings. The summed E-state index contributed by atoms with van der Waals surface area (Å²) in [7, 11) is 0. The largest absolute Gasteiger partial charge is 0.381 e. The smallest absolute Gasteiger partial charge is 0.0400 e. The summed E-state index contributed by atoms with van der Waals surface area (Å²) in [6, 6.07) is 35.9. The molecule has 4 aromatic carbocycles. The quantitative estimate of drug-likeness (QED) is 0.149. The minimum Gasteiger partial charge on any atom is -0.381 e. The van der Waals surface area contributed by atoms with Crippen LogP contribution in [-0.4, -0.2) is 6.21 Å². The van der Waals surface area contributed by atoms with Crippen molar-refractivity contribution in [1.29, 1.82) is 5.41 Å². The van der Waals surface area contributed by atoms with Gasteiger partial charge in [0.2, 0.25) is 0 Å². The Kier molecular flexibility index (Phi) is 15.1. The van der Waals surface area contributed by atoms with Crippen LogP contribution < -0.4 is 5.32 Å². The topological polar surface area (TPSA) is 35.9 Å². The summed E-state index contributed by atoms with van der Waals surface area (Å²) in [6.07, 6.45) is 4.56. The molecule has 0 heterocycles. The molecule has 2 N–H and O–H groups in total. The zero-order chi connectivity index (χ0) is 32.5. The maximum atomic E-state index is 6.76. The molecular formula is C42H50N2. The fraction of sp³-hybridized carbons (Fsp3) is 0.214. The van der Waals surface area contributed by atoms with E-state index >= 15 is 0 Å². The van der Waals surface area contributed by atoms with E-state index in [4.69, 9.17) is 5.41 Å². The van der Waals surface area contributed by atoms with E-state index in [2.05, 4.69) is 143 Å². The lowest BCUT2D eigenvalue weighted by molar-refractivity contribution is 0.890. The van der Waals surface area contributed by atoms with Crippen LogP contribution in [0, 0.1) is 12.3 Å². The summed E-state index contributed by atoms with van der Waals surface area (Å²) in [5.41, 5.74) is 14.3. The normalized spacial score (nSPS) is 9.70. The Bertz CT molecular complexity index is 1560. The van der Waals surface area contributed by atoms with Crippen molar-refractivity contribution in [2.75, 3.05) is 0 Å². The van der Waals surface area contributed by atoms with Gasteiger partial charge in [0.25, 0.3) is 0 Å². The van der Waals surface area contributed by atoms with Crippen LogP contribution in [0.1, 0.15) is 69.4 Å². The summed E-state index contributed by atoms with van der Waals surface area (Å²) in [5, 5.41) is 10.2. The van der Waals surface area contributed by atoms with Crippen LogP contribution in [-0.2, 0) is 13.0 Å². The Morgan fingerprint density at radius 3 is 1.77 bits per heavy atom. The molecule has 0 amide bonds. The minimum atomic E-state index is 0.784. The van der Waals surface area contributed by atoms with Crippen LogP contribution in [0.5, 0.6) is 0 Å². The lowest BCUT2D eigenvalue weighted by Gasteiger charge is -2.14. The van der Waals surface area contributed by atoms with Gasteiger partial charge in [0.05, 0.1) is 0 Å². The summed E-state index contributed by atoms with van der Waals surface area (Å²) >= 11 is 0. The van der Waals surface area contributed by atoms with Crippen LogP contribution in [0.2, 0.25) is 0 Å². The standard InChI is InChI=1S/C23H23N.C13H16.C6H11N/c1-3-19-13-15-20(16-14-19)17-24-18(2)22-11-7-8-12-23(22)21-9-5-4-6-10-21;1-10(2)9-12(4)13-8-6-5-7-11(13)3;1-5(2)6(3)4-7/h4-16,24H,2-3,17H2,1H3;5-9H,4H2,1-3H3;4,7H,1-3H3. The highest BCUT2D eigenvalue weighted by atomic mass is 14.9. The molecule has 0 radical (unpaired) electrons. The number of hydrogen-bond donors (Lipinski definition) is 2. The molecule has 0 aliphatic rings. The number of benzene rings is 4. The highest BCUT2D eigenvalue weighted by Crippen LogP contribution is 2.27. The van der Waals surface area contributed by atoms with Gasteiger partial charge in [-0.2, -0.15) is 0 Å². The molecule has 0 aliphatic carbocycles. The molecule has 0 fully saturated rings. The summed E-state index contributed by atoms with van der Waals surface area (Å²) in [5.74, 6) is 0. The lowest BCUT2D eigenvalue weighted by Crippen LogP contribution is -2.11. The van der Waals surface area contributed by atoms with E-state index in [0.29, 0.717) is 0 Å². The number of aryl methyl sites for hydroxylation is 2. The third-order valence-electron chi connectivity index (χ3n) is 7.23. The molecule has 0 unspecified atom stereocenters. The Hall–Kier alpha value is -4.69. The van der Waals surface area contributed by atoms with Crippen molar-refractivity contribution in [1.82, 2.24) is 5.32 Å². The van der Waals surface area contributed by atoms with Crippen LogP contribution in [0.25, 0.3) is 22.4 Å². The van der Waals surface area contributed by atoms with Gasteiger partial charge in [-0.15, -0.1) is 0 Å². The van der Waals surface area contributed by atoms with Gasteiger partial charge in [0.15, 0.2) is 0 Å². The third-order valence-corrected chi connectivity index (χ3v) is 7.23. The molecule has 0 aliphatic heterocycles. The van der Waals surface area contributed by atoms with E-state index in [1.807, 2.05) is 32.9 Å². The molecule has 0 atom stereocenters. The average Bonchev–Trinajstić information content (AvgIpc) is 3.04. The lowest BCUT2D eigenvalue weighted by atomic mass is 9.98. The van der Waals surface area contributed by atoms with Gasteiger partial charge in [0, 0.05) is 24.0 Å². The molecule has 0 aromatic heterocycles. The van der Waals surface area contributed by atoms with Crippen LogP contribution in [0.15, 0.2) is 139 Å². The van der Waals surface area contributed by atoms with Crippen molar-refractivity contribution in [3.05, 3.63) is 167 Å². The van der Waals surface area contributed by atoms with Crippen LogP contribution >= 0.6 is 0 Å². The van der Waals surface area contributed by atoms with Crippen LogP contribution in [0.4, 0.5) is 0 Å². The first-order chi connectivity index (χ1) is 21.1. The number of allylic oxidation sites excluding steroid dienone is 5. The van der Waals surface area contributed by atoms with Crippen molar-refractivity contribution in [3.8, 4) is 11.1 Å². The first-order valence-corrected chi connectivity index (χ1v) is 15.3. The fourth-order valence-corrected chi connectivity index (χ4v) is 4.32. The Labute approximate surface area is 267 Å². The predicted octanol–water partition coefficient (Wildman–Crippen LogP) is 11.6. The zero-order valence-corrected chi connectivity index (χ0v) is 27.8. The van der Waals surface area contributed by atoms with E-state index in [9.17, 15) is 0 Å². The second-order valence-corrected chi connectivity index (χ2v) is 11.3. The predicted molar refractivity (Wildman–Crippen MR) is 196 cm³/mol. The summed E-state index contributed by atoms with van der Waals surface area (Å²) < 4.78 is 0. The molecular weight excluding hydrogens is 532 g/mol. The third kappa shape index (κ3) is 11.9. The second-order valence-electron chi connectivity index (χ2n) is 11.3. The maximum Gasteiger partial charge on any atom is 0.0400 e. The van der Waals surface area contributed by atoms with Gasteiger partial charge < -0.3 is 10.7 Å². The van der Waals surface area contributed by atoms with Gasteiger partial charge in [-0.25, -0.2) is 0 Å². The van der Waals surface area contributed by atoms with Crippen molar-refractivity contribution in [2.24, 2.45) is 0 Å². The second kappa shape index (κ2) is 18.8. The van der Waals surface area contributed by atoms with Gasteiger partial charge in [-0.3, -0.25) is 0 Å². The highest BCUT2D eigenvalue weighted by molar-refractivity contribution is 5.80. The molecule has 228 valence electrons. The summed E-state index contributed by atoms with van der Waals surface area (Å²) in [6.45, 7) is 23.5. The molecule has 0 saturated carbocycles. The number of nitrogens with one attached hydrogen (secondary N) is 2. The highest BCUT2D eigenvalue weighted by Gasteiger charge is 2.07. The Balaban J connectivity index is 0.000000282. The number of rotatable bonds is 9. The van der Waals surface area contributed by atoms with E-state index in [-0.39, 0.29) is 0 Å². The minimum absolute atomic E-state index is 0.784. The van der Waals surface area contributed by atoms with Crippen molar-refractivity contribution < 1.29 is 0 Å². The summed E-state index contributed by atoms with van der Waals surface area (Å²) in [4.78, 5) is 0. The van der Waals surface area contributed by atoms with Gasteiger partial charge in [-0.1, -0.05) is 140 Å². The molecule has 4 rings (SSSR count). The average molecular weight is 583 g/mol. The Morgan fingerprint density at radius 2 is 1.25 bits per heavy atom. The fourth-order valence-electron chi connectivity index (χ4n) is 4.32. The van der Waals surface area contributed by atoms with Gasteiger partial charge in [-0.05, 0) is 92.5 Å². The van der Waals surface area contributed by atoms with Crippen LogP contribution in [0.3, 0.4) is 0 Å². The Morgan fingerprint density at radius 1 is 0.705 bits per heavy atom. The van der Waals surface area contributed by atoms with Gasteiger partial charge in [0.1, 0.15) is 0 Å². The van der Waals surface area contributed by atoms with E-state index in [0.717, 1.165) is 35.4 Å². The van der Waals surface area contributed by atoms with E-state index < -0.39 is 0 Å². The van der Waals surface area contributed by atoms with Crippen molar-refractivity contribution in [2.45, 2.75) is 61.4 Å². The SMILES string of the molecule is C=C(C=C(C)C)c1ccccc1C.C=C(NCc1ccc(CC)cc1)c1ccccc1-c1ccccc1.CC(C)=C(C)C=N. The molecule has 0 bridgehead atoms. The number of hydrogen-bond acceptors (Lipinski definition) is 2. The zero-order valence-electron chi connectivity index (χ0n) is 27.8. The monoisotopic (exact) mass is 582 g/mol. The molecule has 44 heavy (non-hydrogen) atoms. The molecule has 0 saturated heterocycles. The first kappa shape index (κ1) is 35.5. The van der Waals surface area contributed by atoms with Crippen molar-refractivity contribution >= 4 is 17.5 Å². The van der Waals surface area contributed by atoms with Crippen molar-refractivity contribution in [3.63, 3.8) is 0 Å². The molecule has 2 nitrogen and oxygen atoms in total. The van der Waals surface area contributed by atoms with E-state index in [1.54, 1.807) is 0 Å². The van der Waals surface area contributed by atoms with Gasteiger partial charge >= 0.3 is 0 Å². The van der Waals surface area contributed by atoms with E-state index in [1.165, 1.54) is 50.7 Å². The molecule has 2 heteroatoms. The first-order valence-electron chi connectivity index (χ1n) is 15.3.